The fourth-order valence-electron chi connectivity index (χ4n) is 4.43. The Balaban J connectivity index is 1.32. The van der Waals surface area contributed by atoms with Crippen LogP contribution in [-0.2, 0) is 11.2 Å². The summed E-state index contributed by atoms with van der Waals surface area (Å²) in [6, 6.07) is 20.0. The van der Waals surface area contributed by atoms with Crippen LogP contribution in [0.4, 0.5) is 4.39 Å². The van der Waals surface area contributed by atoms with Crippen LogP contribution in [0, 0.1) is 18.7 Å². The van der Waals surface area contributed by atoms with Crippen molar-refractivity contribution < 1.29 is 19.0 Å². The lowest BCUT2D eigenvalue weighted by molar-refractivity contribution is -0.134. The highest BCUT2D eigenvalue weighted by Crippen LogP contribution is 2.37. The van der Waals surface area contributed by atoms with Gasteiger partial charge in [0.05, 0.1) is 0 Å². The number of ether oxygens (including phenoxy) is 1. The lowest BCUT2D eigenvalue weighted by Gasteiger charge is -2.32. The number of hydrogen-bond acceptors (Lipinski definition) is 3. The monoisotopic (exact) mass is 447 g/mol. The topological polar surface area (TPSA) is 49.8 Å². The van der Waals surface area contributed by atoms with Crippen LogP contribution < -0.4 is 4.74 Å². The van der Waals surface area contributed by atoms with Gasteiger partial charge in [0.1, 0.15) is 17.3 Å². The average molecular weight is 448 g/mol. The number of nitrogens with zero attached hydrogens (tertiary/aromatic N) is 1. The van der Waals surface area contributed by atoms with E-state index in [1.807, 2.05) is 30.0 Å². The average Bonchev–Trinajstić information content (AvgIpc) is 2.83. The van der Waals surface area contributed by atoms with Crippen LogP contribution in [0.25, 0.3) is 11.1 Å². The third-order valence-corrected chi connectivity index (χ3v) is 6.39. The van der Waals surface area contributed by atoms with Crippen molar-refractivity contribution in [1.29, 1.82) is 0 Å². The molecule has 3 aromatic carbocycles. The number of phenolic OH excluding ortho intramolecular Hbond substituents is 1. The zero-order valence-corrected chi connectivity index (χ0v) is 19.0. The van der Waals surface area contributed by atoms with Crippen LogP contribution in [0.2, 0.25) is 0 Å². The second-order valence-electron chi connectivity index (χ2n) is 8.80. The van der Waals surface area contributed by atoms with Crippen molar-refractivity contribution in [3.8, 4) is 22.6 Å². The van der Waals surface area contributed by atoms with Gasteiger partial charge in [0.2, 0.25) is 0 Å². The molecule has 0 unspecified atom stereocenters. The zero-order chi connectivity index (χ0) is 23.2. The summed E-state index contributed by atoms with van der Waals surface area (Å²) in [4.78, 5) is 14.7. The molecule has 1 saturated heterocycles. The predicted octanol–water partition coefficient (Wildman–Crippen LogP) is 5.76. The lowest BCUT2D eigenvalue weighted by Crippen LogP contribution is -2.41. The molecule has 0 spiro atoms. The first-order chi connectivity index (χ1) is 16.0. The highest BCUT2D eigenvalue weighted by molar-refractivity contribution is 5.79. The van der Waals surface area contributed by atoms with Crippen molar-refractivity contribution in [2.75, 3.05) is 19.7 Å². The summed E-state index contributed by atoms with van der Waals surface area (Å²) >= 11 is 0. The van der Waals surface area contributed by atoms with Crippen molar-refractivity contribution in [2.45, 2.75) is 32.6 Å². The number of benzene rings is 3. The van der Waals surface area contributed by atoms with Crippen LogP contribution >= 0.6 is 0 Å². The largest absolute Gasteiger partial charge is 0.507 e. The maximum absolute atomic E-state index is 13.4. The SMILES string of the molecule is Cc1ccc(OCC(=O)N2CCC(CCc3ccccc3)CC2)c(-c2ccc(F)cc2O)c1. The van der Waals surface area contributed by atoms with Gasteiger partial charge in [-0.25, -0.2) is 4.39 Å². The molecule has 0 aromatic heterocycles. The number of piperidine rings is 1. The molecule has 1 fully saturated rings. The molecule has 0 aliphatic carbocycles. The van der Waals surface area contributed by atoms with Gasteiger partial charge in [-0.15, -0.1) is 0 Å². The van der Waals surface area contributed by atoms with Crippen molar-refractivity contribution in [1.82, 2.24) is 4.90 Å². The molecule has 172 valence electrons. The van der Waals surface area contributed by atoms with Gasteiger partial charge in [0, 0.05) is 30.3 Å². The summed E-state index contributed by atoms with van der Waals surface area (Å²) in [6.45, 7) is 3.37. The molecular weight excluding hydrogens is 417 g/mol. The van der Waals surface area contributed by atoms with E-state index in [0.29, 0.717) is 22.8 Å². The molecule has 0 atom stereocenters. The van der Waals surface area contributed by atoms with E-state index in [0.717, 1.165) is 50.4 Å². The molecule has 1 heterocycles. The molecule has 4 rings (SSSR count). The molecule has 1 N–H and O–H groups in total. The Morgan fingerprint density at radius 1 is 1.03 bits per heavy atom. The Morgan fingerprint density at radius 2 is 1.79 bits per heavy atom. The van der Waals surface area contributed by atoms with Crippen LogP contribution in [0.15, 0.2) is 66.7 Å². The van der Waals surface area contributed by atoms with Crippen LogP contribution in [0.5, 0.6) is 11.5 Å². The molecule has 1 aliphatic heterocycles. The van der Waals surface area contributed by atoms with Crippen LogP contribution in [-0.4, -0.2) is 35.6 Å². The number of aryl methyl sites for hydroxylation is 2. The van der Waals surface area contributed by atoms with Crippen LogP contribution in [0.1, 0.15) is 30.4 Å². The summed E-state index contributed by atoms with van der Waals surface area (Å²) in [7, 11) is 0. The fourth-order valence-corrected chi connectivity index (χ4v) is 4.43. The van der Waals surface area contributed by atoms with Crippen molar-refractivity contribution in [3.63, 3.8) is 0 Å². The summed E-state index contributed by atoms with van der Waals surface area (Å²) in [5.41, 5.74) is 3.46. The number of likely N-dealkylation sites (tertiary alicyclic amines) is 1. The quantitative estimate of drug-likeness (QED) is 0.501. The number of amides is 1. The molecule has 0 bridgehead atoms. The first-order valence-electron chi connectivity index (χ1n) is 11.5. The Hall–Kier alpha value is -3.34. The minimum absolute atomic E-state index is 0.0358. The minimum atomic E-state index is -0.506. The molecule has 33 heavy (non-hydrogen) atoms. The van der Waals surface area contributed by atoms with E-state index >= 15 is 0 Å². The molecule has 1 amide bonds. The Kier molecular flexibility index (Phi) is 7.28. The second-order valence-corrected chi connectivity index (χ2v) is 8.80. The molecule has 5 heteroatoms. The number of carbonyl (C=O) groups is 1. The molecule has 1 aliphatic rings. The Morgan fingerprint density at radius 3 is 2.52 bits per heavy atom. The number of halogens is 1. The van der Waals surface area contributed by atoms with Gasteiger partial charge in [-0.1, -0.05) is 42.0 Å². The van der Waals surface area contributed by atoms with E-state index in [4.69, 9.17) is 4.74 Å². The molecular formula is C28H30FNO3. The summed E-state index contributed by atoms with van der Waals surface area (Å²) in [5.74, 6) is 0.434. The molecule has 0 saturated carbocycles. The normalized spacial score (nSPS) is 14.3. The van der Waals surface area contributed by atoms with E-state index in [1.165, 1.54) is 17.7 Å². The minimum Gasteiger partial charge on any atom is -0.507 e. The maximum Gasteiger partial charge on any atom is 0.260 e. The number of rotatable bonds is 7. The summed E-state index contributed by atoms with van der Waals surface area (Å²) in [5, 5.41) is 10.2. The maximum atomic E-state index is 13.4. The van der Waals surface area contributed by atoms with Gasteiger partial charge in [-0.3, -0.25) is 4.79 Å². The number of hydrogen-bond donors (Lipinski definition) is 1. The summed E-state index contributed by atoms with van der Waals surface area (Å²) in [6.07, 6.45) is 4.25. The summed E-state index contributed by atoms with van der Waals surface area (Å²) < 4.78 is 19.3. The Labute approximate surface area is 194 Å². The lowest BCUT2D eigenvalue weighted by atomic mass is 9.90. The van der Waals surface area contributed by atoms with Crippen LogP contribution in [0.3, 0.4) is 0 Å². The van der Waals surface area contributed by atoms with Gasteiger partial charge >= 0.3 is 0 Å². The number of phenols is 1. The van der Waals surface area contributed by atoms with E-state index in [1.54, 1.807) is 6.07 Å². The third kappa shape index (κ3) is 5.92. The van der Waals surface area contributed by atoms with E-state index in [9.17, 15) is 14.3 Å². The number of carbonyl (C=O) groups excluding carboxylic acids is 1. The fraction of sp³-hybridized carbons (Fsp3) is 0.321. The van der Waals surface area contributed by atoms with Gasteiger partial charge in [0.25, 0.3) is 5.91 Å². The van der Waals surface area contributed by atoms with Gasteiger partial charge in [-0.05, 0) is 68.4 Å². The van der Waals surface area contributed by atoms with E-state index in [-0.39, 0.29) is 18.3 Å². The molecule has 0 radical (unpaired) electrons. The Bertz CT molecular complexity index is 1090. The van der Waals surface area contributed by atoms with Gasteiger partial charge < -0.3 is 14.7 Å². The number of aromatic hydroxyl groups is 1. The standard InChI is InChI=1S/C28H30FNO3/c1-20-7-12-27(25(17-20)24-11-10-23(29)18-26(24)31)33-19-28(32)30-15-13-22(14-16-30)9-8-21-5-3-2-4-6-21/h2-7,10-12,17-18,22,31H,8-9,13-16,19H2,1H3. The van der Waals surface area contributed by atoms with Crippen molar-refractivity contribution in [2.24, 2.45) is 5.92 Å². The predicted molar refractivity (Wildman–Crippen MR) is 128 cm³/mol. The zero-order valence-electron chi connectivity index (χ0n) is 19.0. The third-order valence-electron chi connectivity index (χ3n) is 6.39. The van der Waals surface area contributed by atoms with E-state index in [2.05, 4.69) is 24.3 Å². The molecule has 4 nitrogen and oxygen atoms in total. The van der Waals surface area contributed by atoms with E-state index < -0.39 is 5.82 Å². The highest BCUT2D eigenvalue weighted by Gasteiger charge is 2.23. The smallest absolute Gasteiger partial charge is 0.260 e. The van der Waals surface area contributed by atoms with Gasteiger partial charge in [-0.2, -0.15) is 0 Å². The van der Waals surface area contributed by atoms with Crippen molar-refractivity contribution >= 4 is 5.91 Å². The van der Waals surface area contributed by atoms with Gasteiger partial charge in [0.15, 0.2) is 6.61 Å². The first-order valence-corrected chi connectivity index (χ1v) is 11.5. The second kappa shape index (κ2) is 10.5. The molecule has 3 aromatic rings. The first kappa shape index (κ1) is 22.8. The van der Waals surface area contributed by atoms with Crippen molar-refractivity contribution in [3.05, 3.63) is 83.7 Å². The highest BCUT2D eigenvalue weighted by atomic mass is 19.1.